The highest BCUT2D eigenvalue weighted by Crippen LogP contribution is 2.34. The summed E-state index contributed by atoms with van der Waals surface area (Å²) in [5, 5.41) is 4.78. The second kappa shape index (κ2) is 6.63. The van der Waals surface area contributed by atoms with Crippen molar-refractivity contribution in [1.82, 2.24) is 15.2 Å². The molecule has 0 unspecified atom stereocenters. The maximum Gasteiger partial charge on any atom is 0.185 e. The highest BCUT2D eigenvalue weighted by Gasteiger charge is 2.26. The molecule has 1 aliphatic rings. The average molecular weight is 311 g/mol. The lowest BCUT2D eigenvalue weighted by Gasteiger charge is -2.19. The van der Waals surface area contributed by atoms with Crippen LogP contribution in [0.2, 0.25) is 0 Å². The van der Waals surface area contributed by atoms with E-state index in [-0.39, 0.29) is 5.41 Å². The zero-order valence-corrected chi connectivity index (χ0v) is 15.2. The molecule has 1 fully saturated rings. The number of nitrogens with one attached hydrogen (secondary N) is 1. The minimum atomic E-state index is 0.109. The second-order valence-corrected chi connectivity index (χ2v) is 8.46. The fourth-order valence-electron chi connectivity index (χ4n) is 2.18. The van der Waals surface area contributed by atoms with Crippen LogP contribution in [-0.2, 0) is 12.0 Å². The normalized spacial score (nSPS) is 15.8. The van der Waals surface area contributed by atoms with E-state index in [1.54, 1.807) is 0 Å². The van der Waals surface area contributed by atoms with Gasteiger partial charge in [0.25, 0.3) is 0 Å². The molecule has 4 nitrogen and oxygen atoms in total. The summed E-state index contributed by atoms with van der Waals surface area (Å²) in [5.41, 5.74) is 1.37. The van der Waals surface area contributed by atoms with Crippen LogP contribution in [0.15, 0.2) is 0 Å². The molecule has 1 N–H and O–H groups in total. The lowest BCUT2D eigenvalue weighted by Crippen LogP contribution is -2.28. The molecule has 5 heteroatoms. The molecule has 0 spiro atoms. The quantitative estimate of drug-likeness (QED) is 0.839. The number of anilines is 1. The summed E-state index contributed by atoms with van der Waals surface area (Å²) in [7, 11) is 6.37. The highest BCUT2D eigenvalue weighted by molar-refractivity contribution is 7.15. The molecule has 0 saturated heterocycles. The minimum Gasteiger partial charge on any atom is -0.350 e. The van der Waals surface area contributed by atoms with Crippen LogP contribution >= 0.6 is 11.3 Å². The summed E-state index contributed by atoms with van der Waals surface area (Å²) < 4.78 is 0. The number of rotatable bonds is 7. The first-order valence-electron chi connectivity index (χ1n) is 7.87. The number of nitrogens with zero attached hydrogens (tertiary/aromatic N) is 3. The second-order valence-electron chi connectivity index (χ2n) is 7.40. The zero-order valence-electron chi connectivity index (χ0n) is 14.4. The van der Waals surface area contributed by atoms with Crippen molar-refractivity contribution >= 4 is 16.5 Å². The van der Waals surface area contributed by atoms with Gasteiger partial charge in [0, 0.05) is 43.0 Å². The third kappa shape index (κ3) is 4.94. The summed E-state index contributed by atoms with van der Waals surface area (Å²) in [6.07, 6.45) is 2.67. The molecule has 2 rings (SSSR count). The summed E-state index contributed by atoms with van der Waals surface area (Å²) in [6, 6.07) is 0.745. The van der Waals surface area contributed by atoms with E-state index in [0.717, 1.165) is 30.8 Å². The van der Waals surface area contributed by atoms with Crippen LogP contribution in [0.1, 0.15) is 44.2 Å². The summed E-state index contributed by atoms with van der Waals surface area (Å²) in [5.74, 6) is 0. The average Bonchev–Trinajstić information content (AvgIpc) is 3.10. The first-order valence-corrected chi connectivity index (χ1v) is 8.68. The van der Waals surface area contributed by atoms with Crippen LogP contribution in [0.4, 0.5) is 5.13 Å². The SMILES string of the molecule is CN(C)CCN(C)c1nc(C(C)(C)C)c(CNC2CC2)s1. The molecule has 0 atom stereocenters. The first kappa shape index (κ1) is 16.7. The van der Waals surface area contributed by atoms with Crippen molar-refractivity contribution in [2.24, 2.45) is 0 Å². The largest absolute Gasteiger partial charge is 0.350 e. The Morgan fingerprint density at radius 3 is 2.38 bits per heavy atom. The standard InChI is InChI=1S/C16H30N4S/c1-16(2,3)14-13(11-17-12-7-8-12)21-15(18-14)20(6)10-9-19(4)5/h12,17H,7-11H2,1-6H3. The monoisotopic (exact) mass is 310 g/mol. The van der Waals surface area contributed by atoms with Crippen molar-refractivity contribution in [3.05, 3.63) is 10.6 Å². The van der Waals surface area contributed by atoms with E-state index < -0.39 is 0 Å². The summed E-state index contributed by atoms with van der Waals surface area (Å²) in [4.78, 5) is 10.8. The van der Waals surface area contributed by atoms with Crippen molar-refractivity contribution in [1.29, 1.82) is 0 Å². The van der Waals surface area contributed by atoms with Crippen molar-refractivity contribution < 1.29 is 0 Å². The predicted molar refractivity (Wildman–Crippen MR) is 92.5 cm³/mol. The molecular weight excluding hydrogens is 280 g/mol. The predicted octanol–water partition coefficient (Wildman–Crippen LogP) is 2.69. The lowest BCUT2D eigenvalue weighted by atomic mass is 9.91. The molecule has 1 heterocycles. The Morgan fingerprint density at radius 2 is 1.86 bits per heavy atom. The Hall–Kier alpha value is -0.650. The molecule has 120 valence electrons. The Morgan fingerprint density at radius 1 is 1.19 bits per heavy atom. The third-order valence-electron chi connectivity index (χ3n) is 3.73. The van der Waals surface area contributed by atoms with Gasteiger partial charge in [0.2, 0.25) is 0 Å². The van der Waals surface area contributed by atoms with E-state index in [0.29, 0.717) is 0 Å². The van der Waals surface area contributed by atoms with Crippen LogP contribution in [-0.4, -0.2) is 50.2 Å². The van der Waals surface area contributed by atoms with Crippen LogP contribution in [0.3, 0.4) is 0 Å². The molecule has 1 aromatic rings. The Bertz CT molecular complexity index is 457. The van der Waals surface area contributed by atoms with E-state index in [2.05, 4.69) is 57.0 Å². The van der Waals surface area contributed by atoms with Gasteiger partial charge in [0.05, 0.1) is 5.69 Å². The maximum atomic E-state index is 4.94. The smallest absolute Gasteiger partial charge is 0.185 e. The van der Waals surface area contributed by atoms with Crippen LogP contribution in [0.25, 0.3) is 0 Å². The van der Waals surface area contributed by atoms with Crippen molar-refractivity contribution in [3.8, 4) is 0 Å². The first-order chi connectivity index (χ1) is 9.77. The van der Waals surface area contributed by atoms with Gasteiger partial charge in [-0.2, -0.15) is 0 Å². The topological polar surface area (TPSA) is 31.4 Å². The lowest BCUT2D eigenvalue weighted by molar-refractivity contribution is 0.416. The third-order valence-corrected chi connectivity index (χ3v) is 4.90. The van der Waals surface area contributed by atoms with E-state index >= 15 is 0 Å². The molecule has 0 aromatic carbocycles. The van der Waals surface area contributed by atoms with E-state index in [1.807, 2.05) is 11.3 Å². The van der Waals surface area contributed by atoms with Gasteiger partial charge in [-0.05, 0) is 26.9 Å². The Labute approximate surface area is 133 Å². The molecule has 0 radical (unpaired) electrons. The minimum absolute atomic E-state index is 0.109. The maximum absolute atomic E-state index is 4.94. The molecule has 1 saturated carbocycles. The molecule has 1 aliphatic carbocycles. The van der Waals surface area contributed by atoms with Crippen LogP contribution in [0.5, 0.6) is 0 Å². The summed E-state index contributed by atoms with van der Waals surface area (Å²) in [6.45, 7) is 9.80. The molecule has 0 bridgehead atoms. The van der Waals surface area contributed by atoms with Crippen molar-refractivity contribution in [2.75, 3.05) is 39.1 Å². The fourth-order valence-corrected chi connectivity index (χ4v) is 3.39. The Balaban J connectivity index is 2.10. The van der Waals surface area contributed by atoms with Gasteiger partial charge < -0.3 is 15.1 Å². The number of hydrogen-bond donors (Lipinski definition) is 1. The van der Waals surface area contributed by atoms with Gasteiger partial charge in [-0.1, -0.05) is 20.8 Å². The number of thiazole rings is 1. The molecule has 0 aliphatic heterocycles. The number of aromatic nitrogens is 1. The Kier molecular flexibility index (Phi) is 5.28. The van der Waals surface area contributed by atoms with E-state index in [1.165, 1.54) is 23.4 Å². The number of likely N-dealkylation sites (N-methyl/N-ethyl adjacent to an activating group) is 2. The van der Waals surface area contributed by atoms with Crippen molar-refractivity contribution in [3.63, 3.8) is 0 Å². The molecule has 1 aromatic heterocycles. The van der Waals surface area contributed by atoms with Gasteiger partial charge in [0.1, 0.15) is 0 Å². The number of hydrogen-bond acceptors (Lipinski definition) is 5. The molecule has 21 heavy (non-hydrogen) atoms. The van der Waals surface area contributed by atoms with E-state index in [4.69, 9.17) is 4.98 Å². The van der Waals surface area contributed by atoms with Crippen LogP contribution in [0, 0.1) is 0 Å². The van der Waals surface area contributed by atoms with Gasteiger partial charge in [-0.3, -0.25) is 0 Å². The van der Waals surface area contributed by atoms with E-state index in [9.17, 15) is 0 Å². The highest BCUT2D eigenvalue weighted by atomic mass is 32.1. The van der Waals surface area contributed by atoms with Gasteiger partial charge in [0.15, 0.2) is 5.13 Å². The van der Waals surface area contributed by atoms with Gasteiger partial charge >= 0.3 is 0 Å². The summed E-state index contributed by atoms with van der Waals surface area (Å²) >= 11 is 1.85. The van der Waals surface area contributed by atoms with Gasteiger partial charge in [-0.15, -0.1) is 11.3 Å². The molecule has 0 amide bonds. The molecular formula is C16H30N4S. The van der Waals surface area contributed by atoms with Gasteiger partial charge in [-0.25, -0.2) is 4.98 Å². The zero-order chi connectivity index (χ0) is 15.6. The fraction of sp³-hybridized carbons (Fsp3) is 0.812. The van der Waals surface area contributed by atoms with Crippen LogP contribution < -0.4 is 10.2 Å². The van der Waals surface area contributed by atoms with Crippen molar-refractivity contribution in [2.45, 2.75) is 51.6 Å².